The molecule has 3 N–H and O–H groups in total. The molecule has 0 saturated heterocycles. The summed E-state index contributed by atoms with van der Waals surface area (Å²) in [4.78, 5) is 25.9. The van der Waals surface area contributed by atoms with E-state index in [1.807, 2.05) is 45.9 Å². The molecule has 180 valence electrons. The van der Waals surface area contributed by atoms with Crippen molar-refractivity contribution in [1.82, 2.24) is 0 Å². The number of aryl methyl sites for hydroxylation is 1. The van der Waals surface area contributed by atoms with Gasteiger partial charge in [0, 0.05) is 29.7 Å². The molecule has 1 aliphatic carbocycles. The monoisotopic (exact) mass is 471 g/mol. The minimum atomic E-state index is -0.717. The number of ether oxygens (including phenoxy) is 2. The molecular formula is C28H29N3O4. The van der Waals surface area contributed by atoms with E-state index in [9.17, 15) is 14.9 Å². The molecular weight excluding hydrogens is 442 g/mol. The smallest absolute Gasteiger partial charge is 0.262 e. The molecule has 2 aromatic rings. The van der Waals surface area contributed by atoms with Crippen LogP contribution in [0.15, 0.2) is 65.3 Å². The first-order valence-corrected chi connectivity index (χ1v) is 11.5. The van der Waals surface area contributed by atoms with E-state index in [0.717, 1.165) is 16.8 Å². The summed E-state index contributed by atoms with van der Waals surface area (Å²) < 4.78 is 11.7. The van der Waals surface area contributed by atoms with Crippen molar-refractivity contribution in [3.8, 4) is 11.8 Å². The number of hydrogen-bond acceptors (Lipinski definition) is 6. The second kappa shape index (κ2) is 9.30. The number of carbonyl (C=O) groups excluding carboxylic acids is 2. The summed E-state index contributed by atoms with van der Waals surface area (Å²) in [6, 6.07) is 14.9. The molecule has 1 heterocycles. The summed E-state index contributed by atoms with van der Waals surface area (Å²) in [5.74, 6) is -0.221. The van der Waals surface area contributed by atoms with E-state index in [0.29, 0.717) is 35.5 Å². The Hall–Kier alpha value is -4.05. The number of para-hydroxylation sites is 1. The Morgan fingerprint density at radius 3 is 2.69 bits per heavy atom. The number of nitrogens with two attached hydrogens (primary N) is 1. The predicted molar refractivity (Wildman–Crippen MR) is 132 cm³/mol. The predicted octanol–water partition coefficient (Wildman–Crippen LogP) is 4.77. The van der Waals surface area contributed by atoms with E-state index in [4.69, 9.17) is 15.2 Å². The molecule has 0 bridgehead atoms. The molecule has 7 heteroatoms. The van der Waals surface area contributed by atoms with Gasteiger partial charge in [0.25, 0.3) is 5.91 Å². The van der Waals surface area contributed by atoms with Crippen molar-refractivity contribution in [3.63, 3.8) is 0 Å². The number of nitrogens with zero attached hydrogens (tertiary/aromatic N) is 1. The quantitative estimate of drug-likeness (QED) is 0.649. The van der Waals surface area contributed by atoms with Crippen LogP contribution in [0.4, 0.5) is 5.69 Å². The molecule has 1 unspecified atom stereocenters. The number of benzene rings is 2. The van der Waals surface area contributed by atoms with Crippen molar-refractivity contribution in [2.45, 2.75) is 46.5 Å². The van der Waals surface area contributed by atoms with Gasteiger partial charge in [-0.1, -0.05) is 44.2 Å². The highest BCUT2D eigenvalue weighted by Crippen LogP contribution is 2.49. The minimum Gasteiger partial charge on any atom is -0.483 e. The van der Waals surface area contributed by atoms with E-state index in [-0.39, 0.29) is 35.2 Å². The molecule has 1 aliphatic heterocycles. The summed E-state index contributed by atoms with van der Waals surface area (Å²) in [7, 11) is 0. The van der Waals surface area contributed by atoms with E-state index >= 15 is 0 Å². The van der Waals surface area contributed by atoms with Crippen molar-refractivity contribution < 1.29 is 19.1 Å². The fraction of sp³-hybridized carbons (Fsp3) is 0.321. The summed E-state index contributed by atoms with van der Waals surface area (Å²) in [6.07, 6.45) is 0.872. The number of anilines is 1. The number of Topliss-reactive ketones (excluding diaryl/α,β-unsaturated/α-hetero) is 1. The number of nitriles is 1. The third kappa shape index (κ3) is 4.78. The van der Waals surface area contributed by atoms with Gasteiger partial charge < -0.3 is 20.5 Å². The first kappa shape index (κ1) is 24.1. The van der Waals surface area contributed by atoms with Crippen molar-refractivity contribution in [2.24, 2.45) is 11.1 Å². The lowest BCUT2D eigenvalue weighted by molar-refractivity contribution is -0.119. The molecule has 7 nitrogen and oxygen atoms in total. The number of amides is 1. The number of rotatable bonds is 5. The van der Waals surface area contributed by atoms with Gasteiger partial charge in [0.2, 0.25) is 5.88 Å². The number of carbonyl (C=O) groups is 2. The highest BCUT2D eigenvalue weighted by atomic mass is 16.5. The van der Waals surface area contributed by atoms with Crippen LogP contribution in [0.2, 0.25) is 0 Å². The van der Waals surface area contributed by atoms with Crippen molar-refractivity contribution >= 4 is 17.4 Å². The number of ketones is 1. The van der Waals surface area contributed by atoms with Crippen LogP contribution >= 0.6 is 0 Å². The van der Waals surface area contributed by atoms with Crippen molar-refractivity contribution in [2.75, 3.05) is 11.9 Å². The Balaban J connectivity index is 1.64. The van der Waals surface area contributed by atoms with Crippen LogP contribution in [-0.2, 0) is 14.3 Å². The lowest BCUT2D eigenvalue weighted by Gasteiger charge is -2.37. The second-order valence-corrected chi connectivity index (χ2v) is 9.82. The van der Waals surface area contributed by atoms with E-state index in [1.54, 1.807) is 24.3 Å². The van der Waals surface area contributed by atoms with Gasteiger partial charge in [0.15, 0.2) is 12.4 Å². The van der Waals surface area contributed by atoms with Crippen LogP contribution in [0.5, 0.6) is 5.75 Å². The Morgan fingerprint density at radius 2 is 1.94 bits per heavy atom. The van der Waals surface area contributed by atoms with Crippen LogP contribution in [0.3, 0.4) is 0 Å². The Bertz CT molecular complexity index is 1310. The number of hydrogen-bond donors (Lipinski definition) is 2. The molecule has 0 radical (unpaired) electrons. The van der Waals surface area contributed by atoms with Crippen LogP contribution in [-0.4, -0.2) is 18.3 Å². The van der Waals surface area contributed by atoms with E-state index < -0.39 is 5.92 Å². The summed E-state index contributed by atoms with van der Waals surface area (Å²) in [5.41, 5.74) is 9.83. The van der Waals surface area contributed by atoms with Crippen LogP contribution in [0.1, 0.15) is 49.3 Å². The molecule has 0 fully saturated rings. The van der Waals surface area contributed by atoms with Crippen molar-refractivity contribution in [1.29, 1.82) is 5.26 Å². The second-order valence-electron chi connectivity index (χ2n) is 9.82. The summed E-state index contributed by atoms with van der Waals surface area (Å²) in [5, 5.41) is 12.8. The van der Waals surface area contributed by atoms with Gasteiger partial charge in [0.05, 0.1) is 5.92 Å². The third-order valence-electron chi connectivity index (χ3n) is 6.54. The van der Waals surface area contributed by atoms with Crippen LogP contribution in [0, 0.1) is 30.6 Å². The summed E-state index contributed by atoms with van der Waals surface area (Å²) in [6.45, 7) is 7.69. The highest BCUT2D eigenvalue weighted by molar-refractivity contribution is 6.00. The topological polar surface area (TPSA) is 114 Å². The molecule has 0 spiro atoms. The van der Waals surface area contributed by atoms with Gasteiger partial charge >= 0.3 is 0 Å². The molecule has 1 amide bonds. The van der Waals surface area contributed by atoms with E-state index in [2.05, 4.69) is 11.4 Å². The molecule has 2 aromatic carbocycles. The lowest BCUT2D eigenvalue weighted by atomic mass is 9.70. The van der Waals surface area contributed by atoms with Crippen LogP contribution in [0.25, 0.3) is 0 Å². The first-order valence-electron chi connectivity index (χ1n) is 11.5. The zero-order valence-electron chi connectivity index (χ0n) is 20.4. The lowest BCUT2D eigenvalue weighted by Crippen LogP contribution is -2.33. The van der Waals surface area contributed by atoms with Crippen molar-refractivity contribution in [3.05, 3.63) is 81.9 Å². The van der Waals surface area contributed by atoms with Gasteiger partial charge in [-0.2, -0.15) is 5.26 Å². The van der Waals surface area contributed by atoms with Gasteiger partial charge in [-0.15, -0.1) is 0 Å². The molecule has 2 aliphatic rings. The average molecular weight is 472 g/mol. The largest absolute Gasteiger partial charge is 0.483 e. The highest BCUT2D eigenvalue weighted by Gasteiger charge is 2.43. The number of allylic oxidation sites excluding steroid dienone is 3. The Labute approximate surface area is 205 Å². The maximum Gasteiger partial charge on any atom is 0.262 e. The normalized spacial score (nSPS) is 18.9. The fourth-order valence-corrected chi connectivity index (χ4v) is 4.66. The standard InChI is InChI=1S/C28H29N3O4/c1-16-8-7-10-20(17(16)2)31-24(33)15-34-22-11-6-5-9-18(22)25-19(14-29)27(30)35-23-13-28(3,4)12-21(32)26(23)25/h5-11,25H,12-13,15,30H2,1-4H3,(H,31,33). The molecule has 0 aromatic heterocycles. The van der Waals surface area contributed by atoms with Gasteiger partial charge in [-0.05, 0) is 42.5 Å². The zero-order chi connectivity index (χ0) is 25.3. The van der Waals surface area contributed by atoms with Crippen LogP contribution < -0.4 is 15.8 Å². The zero-order valence-corrected chi connectivity index (χ0v) is 20.4. The molecule has 1 atom stereocenters. The summed E-state index contributed by atoms with van der Waals surface area (Å²) >= 11 is 0. The van der Waals surface area contributed by atoms with E-state index in [1.165, 1.54) is 0 Å². The number of nitrogens with one attached hydrogen (secondary N) is 1. The third-order valence-corrected chi connectivity index (χ3v) is 6.54. The maximum atomic E-state index is 13.2. The van der Waals surface area contributed by atoms with Gasteiger partial charge in [-0.3, -0.25) is 9.59 Å². The SMILES string of the molecule is Cc1cccc(NC(=O)COc2ccccc2C2C(C#N)=C(N)OC3=C2C(=O)CC(C)(C)C3)c1C. The molecule has 35 heavy (non-hydrogen) atoms. The van der Waals surface area contributed by atoms with Gasteiger partial charge in [-0.25, -0.2) is 0 Å². The maximum absolute atomic E-state index is 13.2. The van der Waals surface area contributed by atoms with Gasteiger partial charge in [0.1, 0.15) is 23.2 Å². The fourth-order valence-electron chi connectivity index (χ4n) is 4.66. The average Bonchev–Trinajstić information content (AvgIpc) is 2.79. The minimum absolute atomic E-state index is 0.00998. The first-order chi connectivity index (χ1) is 16.6. The molecule has 4 rings (SSSR count). The molecule has 0 saturated carbocycles. The Kier molecular flexibility index (Phi) is 6.40. The Morgan fingerprint density at radius 1 is 1.20 bits per heavy atom.